The van der Waals surface area contributed by atoms with Crippen molar-refractivity contribution in [1.82, 2.24) is 15.2 Å². The molecule has 0 amide bonds. The number of anilines is 1. The minimum Gasteiger partial charge on any atom is -0.344 e. The molecule has 68 valence electrons. The molecule has 5 nitrogen and oxygen atoms in total. The van der Waals surface area contributed by atoms with Crippen LogP contribution in [0.25, 0.3) is 0 Å². The molecule has 0 fully saturated rings. The summed E-state index contributed by atoms with van der Waals surface area (Å²) < 4.78 is 0.476. The molecule has 0 radical (unpaired) electrons. The average Bonchev–Trinajstić information content (AvgIpc) is 2.47. The first-order valence-corrected chi connectivity index (χ1v) is 4.20. The highest BCUT2D eigenvalue weighted by molar-refractivity contribution is 7.71. The smallest absolute Gasteiger partial charge is 0.220 e. The van der Waals surface area contributed by atoms with Gasteiger partial charge in [0.1, 0.15) is 0 Å². The van der Waals surface area contributed by atoms with Gasteiger partial charge in [-0.25, -0.2) is 0 Å². The molecular weight excluding hydrogens is 174 g/mol. The fourth-order valence-corrected chi connectivity index (χ4v) is 1.01. The van der Waals surface area contributed by atoms with E-state index >= 15 is 0 Å². The standard InChI is InChI=1S/C6H13N5S/c1-11(4-2-3-7)5-8-6(12)10-9-5/h2-4,7H2,1H3,(H2,8,9,10,12). The van der Waals surface area contributed by atoms with E-state index in [1.54, 1.807) is 0 Å². The first-order valence-electron chi connectivity index (χ1n) is 3.80. The summed E-state index contributed by atoms with van der Waals surface area (Å²) >= 11 is 4.82. The van der Waals surface area contributed by atoms with Gasteiger partial charge in [0.25, 0.3) is 0 Å². The molecule has 6 heteroatoms. The Morgan fingerprint density at radius 2 is 2.33 bits per heavy atom. The summed E-state index contributed by atoms with van der Waals surface area (Å²) in [5, 5.41) is 5.59. The molecule has 0 atom stereocenters. The van der Waals surface area contributed by atoms with Crippen molar-refractivity contribution in [2.45, 2.75) is 6.42 Å². The van der Waals surface area contributed by atoms with Gasteiger partial charge < -0.3 is 10.6 Å². The van der Waals surface area contributed by atoms with Gasteiger partial charge >= 0.3 is 0 Å². The van der Waals surface area contributed by atoms with Gasteiger partial charge in [-0.3, -0.25) is 10.2 Å². The Morgan fingerprint density at radius 3 is 2.83 bits per heavy atom. The van der Waals surface area contributed by atoms with Crippen LogP contribution in [0.3, 0.4) is 0 Å². The van der Waals surface area contributed by atoms with E-state index in [2.05, 4.69) is 15.2 Å². The van der Waals surface area contributed by atoms with Crippen molar-refractivity contribution < 1.29 is 0 Å². The van der Waals surface area contributed by atoms with Crippen LogP contribution >= 0.6 is 12.2 Å². The summed E-state index contributed by atoms with van der Waals surface area (Å²) in [6, 6.07) is 0. The van der Waals surface area contributed by atoms with Crippen molar-refractivity contribution in [2.75, 3.05) is 25.0 Å². The van der Waals surface area contributed by atoms with E-state index in [0.29, 0.717) is 11.3 Å². The third kappa shape index (κ3) is 2.31. The first kappa shape index (κ1) is 9.21. The maximum absolute atomic E-state index is 5.37. The highest BCUT2D eigenvalue weighted by Crippen LogP contribution is 2.01. The van der Waals surface area contributed by atoms with Crippen LogP contribution in [-0.2, 0) is 0 Å². The van der Waals surface area contributed by atoms with Gasteiger partial charge in [0.05, 0.1) is 0 Å². The van der Waals surface area contributed by atoms with Gasteiger partial charge in [0.2, 0.25) is 10.7 Å². The van der Waals surface area contributed by atoms with Crippen LogP contribution in [0, 0.1) is 4.77 Å². The van der Waals surface area contributed by atoms with E-state index in [1.165, 1.54) is 0 Å². The summed E-state index contributed by atoms with van der Waals surface area (Å²) in [5.41, 5.74) is 5.37. The number of rotatable bonds is 4. The summed E-state index contributed by atoms with van der Waals surface area (Å²) in [6.45, 7) is 1.57. The lowest BCUT2D eigenvalue weighted by atomic mass is 10.4. The van der Waals surface area contributed by atoms with Gasteiger partial charge in [-0.1, -0.05) is 0 Å². The predicted octanol–water partition coefficient (Wildman–Crippen LogP) is 0.252. The van der Waals surface area contributed by atoms with Crippen molar-refractivity contribution >= 4 is 18.2 Å². The fourth-order valence-electron chi connectivity index (χ4n) is 0.877. The van der Waals surface area contributed by atoms with Gasteiger partial charge in [-0.05, 0) is 25.2 Å². The highest BCUT2D eigenvalue weighted by atomic mass is 32.1. The molecule has 0 saturated carbocycles. The quantitative estimate of drug-likeness (QED) is 0.591. The summed E-state index contributed by atoms with van der Waals surface area (Å²) in [4.78, 5) is 6.02. The predicted molar refractivity (Wildman–Crippen MR) is 50.7 cm³/mol. The Morgan fingerprint density at radius 1 is 1.58 bits per heavy atom. The van der Waals surface area contributed by atoms with E-state index < -0.39 is 0 Å². The number of aromatic amines is 2. The van der Waals surface area contributed by atoms with Crippen LogP contribution < -0.4 is 10.6 Å². The van der Waals surface area contributed by atoms with Gasteiger partial charge in [0, 0.05) is 13.6 Å². The zero-order chi connectivity index (χ0) is 8.97. The zero-order valence-electron chi connectivity index (χ0n) is 7.00. The monoisotopic (exact) mass is 187 g/mol. The maximum atomic E-state index is 5.37. The van der Waals surface area contributed by atoms with Crippen LogP contribution in [0.1, 0.15) is 6.42 Å². The Bertz CT molecular complexity index is 277. The Hall–Kier alpha value is -0.880. The second-order valence-electron chi connectivity index (χ2n) is 2.55. The lowest BCUT2D eigenvalue weighted by Crippen LogP contribution is -2.22. The molecule has 1 heterocycles. The van der Waals surface area contributed by atoms with E-state index in [1.807, 2.05) is 11.9 Å². The number of nitrogens with one attached hydrogen (secondary N) is 2. The fraction of sp³-hybridized carbons (Fsp3) is 0.667. The molecule has 0 aliphatic rings. The molecule has 0 unspecified atom stereocenters. The molecule has 0 aliphatic carbocycles. The van der Waals surface area contributed by atoms with Crippen molar-refractivity contribution in [1.29, 1.82) is 0 Å². The molecule has 0 aromatic carbocycles. The largest absolute Gasteiger partial charge is 0.344 e. The van der Waals surface area contributed by atoms with Crippen LogP contribution in [0.2, 0.25) is 0 Å². The Balaban J connectivity index is 2.53. The van der Waals surface area contributed by atoms with E-state index in [4.69, 9.17) is 18.0 Å². The molecule has 4 N–H and O–H groups in total. The van der Waals surface area contributed by atoms with Crippen molar-refractivity contribution in [2.24, 2.45) is 5.73 Å². The highest BCUT2D eigenvalue weighted by Gasteiger charge is 2.01. The topological polar surface area (TPSA) is 73.7 Å². The van der Waals surface area contributed by atoms with Crippen LogP contribution in [0.15, 0.2) is 0 Å². The number of nitrogens with two attached hydrogens (primary N) is 1. The normalized spacial score (nSPS) is 10.2. The lowest BCUT2D eigenvalue weighted by molar-refractivity contribution is 0.776. The number of nitrogens with zero attached hydrogens (tertiary/aromatic N) is 2. The Kier molecular flexibility index (Phi) is 3.24. The molecular formula is C6H13N5S. The van der Waals surface area contributed by atoms with Crippen LogP contribution in [0.5, 0.6) is 0 Å². The van der Waals surface area contributed by atoms with Crippen LogP contribution in [-0.4, -0.2) is 35.3 Å². The SMILES string of the molecule is CN(CCCN)c1nc(=S)[nH][nH]1. The van der Waals surface area contributed by atoms with Crippen molar-refractivity contribution in [3.63, 3.8) is 0 Å². The zero-order valence-corrected chi connectivity index (χ0v) is 7.82. The minimum absolute atomic E-state index is 0.476. The Labute approximate surface area is 76.0 Å². The molecule has 0 aliphatic heterocycles. The molecule has 1 aromatic rings. The minimum atomic E-state index is 0.476. The number of hydrogen-bond donors (Lipinski definition) is 3. The number of hydrogen-bond acceptors (Lipinski definition) is 4. The maximum Gasteiger partial charge on any atom is 0.220 e. The van der Waals surface area contributed by atoms with Gasteiger partial charge in [-0.2, -0.15) is 4.98 Å². The number of aromatic nitrogens is 3. The molecule has 0 spiro atoms. The van der Waals surface area contributed by atoms with Gasteiger partial charge in [-0.15, -0.1) is 0 Å². The molecule has 0 bridgehead atoms. The van der Waals surface area contributed by atoms with Gasteiger partial charge in [0.15, 0.2) is 0 Å². The van der Waals surface area contributed by atoms with Crippen molar-refractivity contribution in [3.05, 3.63) is 4.77 Å². The molecule has 0 saturated heterocycles. The third-order valence-corrected chi connectivity index (χ3v) is 1.74. The molecule has 12 heavy (non-hydrogen) atoms. The lowest BCUT2D eigenvalue weighted by Gasteiger charge is -2.13. The van der Waals surface area contributed by atoms with Crippen molar-refractivity contribution in [3.8, 4) is 0 Å². The molecule has 1 aromatic heterocycles. The van der Waals surface area contributed by atoms with E-state index in [0.717, 1.165) is 18.9 Å². The van der Waals surface area contributed by atoms with E-state index in [9.17, 15) is 0 Å². The summed E-state index contributed by atoms with van der Waals surface area (Å²) in [7, 11) is 1.94. The second kappa shape index (κ2) is 4.22. The first-order chi connectivity index (χ1) is 5.74. The summed E-state index contributed by atoms with van der Waals surface area (Å²) in [6.07, 6.45) is 0.948. The number of H-pyrrole nitrogens is 2. The van der Waals surface area contributed by atoms with E-state index in [-0.39, 0.29) is 0 Å². The average molecular weight is 187 g/mol. The molecule has 1 rings (SSSR count). The summed E-state index contributed by atoms with van der Waals surface area (Å²) in [5.74, 6) is 0.758. The van der Waals surface area contributed by atoms with Crippen LogP contribution in [0.4, 0.5) is 5.95 Å². The third-order valence-electron chi connectivity index (χ3n) is 1.55. The second-order valence-corrected chi connectivity index (χ2v) is 2.94.